The van der Waals surface area contributed by atoms with Crippen molar-refractivity contribution in [2.24, 2.45) is 0 Å². The number of rotatable bonds is 11. The average Bonchev–Trinajstić information content (AvgIpc) is 2.45. The second-order valence-electron chi connectivity index (χ2n) is 8.14. The van der Waals surface area contributed by atoms with Crippen molar-refractivity contribution in [3.63, 3.8) is 0 Å². The predicted octanol–water partition coefficient (Wildman–Crippen LogP) is -4.22. The number of halogens is 2. The zero-order chi connectivity index (χ0) is 19.1. The van der Waals surface area contributed by atoms with Crippen LogP contribution in [-0.4, -0.2) is 84.5 Å². The van der Waals surface area contributed by atoms with Crippen molar-refractivity contribution in [3.8, 4) is 11.5 Å². The third-order valence-corrected chi connectivity index (χ3v) is 5.23. The summed E-state index contributed by atoms with van der Waals surface area (Å²) in [6, 6.07) is 7.23. The minimum Gasteiger partial charge on any atom is -1.00 e. The van der Waals surface area contributed by atoms with Crippen molar-refractivity contribution in [2.75, 3.05) is 75.6 Å². The van der Waals surface area contributed by atoms with Crippen molar-refractivity contribution < 1.29 is 56.8 Å². The summed E-state index contributed by atoms with van der Waals surface area (Å²) in [5, 5.41) is 6.17. The van der Waals surface area contributed by atoms with Crippen LogP contribution in [0.1, 0.15) is 0 Å². The Balaban J connectivity index is 0. The van der Waals surface area contributed by atoms with Crippen LogP contribution in [0, 0.1) is 0 Å². The van der Waals surface area contributed by atoms with Gasteiger partial charge >= 0.3 is 7.67 Å². The van der Waals surface area contributed by atoms with Gasteiger partial charge in [-0.15, -0.1) is 0 Å². The van der Waals surface area contributed by atoms with E-state index in [0.29, 0.717) is 24.6 Å². The first kappa shape index (κ1) is 29.1. The Kier molecular flexibility index (Phi) is 13.4. The van der Waals surface area contributed by atoms with Crippen molar-refractivity contribution >= 4 is 7.67 Å². The van der Waals surface area contributed by atoms with E-state index in [1.807, 2.05) is 12.1 Å². The molecule has 0 saturated carbocycles. The largest absolute Gasteiger partial charge is 1.00 e. The molecule has 2 N–H and O–H groups in total. The van der Waals surface area contributed by atoms with Gasteiger partial charge in [-0.2, -0.15) is 0 Å². The lowest BCUT2D eigenvalue weighted by atomic mass is 10.3. The van der Waals surface area contributed by atoms with Crippen LogP contribution in [-0.2, 0) is 4.57 Å². The quantitative estimate of drug-likeness (QED) is 0.223. The van der Waals surface area contributed by atoms with Crippen molar-refractivity contribution in [2.45, 2.75) is 0 Å². The summed E-state index contributed by atoms with van der Waals surface area (Å²) < 4.78 is 26.0. The monoisotopic (exact) mass is 532 g/mol. The maximum Gasteiger partial charge on any atom is 0.390 e. The van der Waals surface area contributed by atoms with Gasteiger partial charge in [0.1, 0.15) is 0 Å². The summed E-state index contributed by atoms with van der Waals surface area (Å²) in [6.45, 7) is 2.81. The van der Waals surface area contributed by atoms with Gasteiger partial charge < -0.3 is 52.2 Å². The zero-order valence-electron chi connectivity index (χ0n) is 17.5. The molecule has 0 aliphatic rings. The maximum absolute atomic E-state index is 13.3. The fraction of sp³-hybridized carbons (Fsp3) is 0.647. The number of ether oxygens (including phenoxy) is 1. The fourth-order valence-corrected chi connectivity index (χ4v) is 3.48. The highest BCUT2D eigenvalue weighted by Crippen LogP contribution is 2.42. The van der Waals surface area contributed by atoms with E-state index in [1.54, 1.807) is 19.2 Å². The van der Waals surface area contributed by atoms with Crippen molar-refractivity contribution in [1.29, 1.82) is 0 Å². The Morgan fingerprint density at radius 1 is 0.852 bits per heavy atom. The SMILES string of the molecule is COc1ccccc1OP(=O)(NCC[N+](C)(C)C)NCC[N+](C)(C)C.[Br-].[Br-]. The number of likely N-dealkylation sites (N-methyl/N-ethyl adjacent to an activating group) is 2. The van der Waals surface area contributed by atoms with E-state index in [-0.39, 0.29) is 34.0 Å². The lowest BCUT2D eigenvalue weighted by Gasteiger charge is -2.28. The molecule has 0 unspecified atom stereocenters. The highest BCUT2D eigenvalue weighted by atomic mass is 79.9. The summed E-state index contributed by atoms with van der Waals surface area (Å²) in [4.78, 5) is 0. The predicted molar refractivity (Wildman–Crippen MR) is 103 cm³/mol. The molecule has 0 saturated heterocycles. The molecule has 1 rings (SSSR count). The molecular weight excluding hydrogens is 499 g/mol. The van der Waals surface area contributed by atoms with E-state index in [9.17, 15) is 4.57 Å². The van der Waals surface area contributed by atoms with Gasteiger partial charge in [-0.3, -0.25) is 0 Å². The number of quaternary nitrogens is 2. The normalized spacial score (nSPS) is 12.0. The molecule has 0 fully saturated rings. The van der Waals surface area contributed by atoms with Gasteiger partial charge in [0.2, 0.25) is 0 Å². The van der Waals surface area contributed by atoms with Gasteiger partial charge in [0.15, 0.2) is 11.5 Å². The molecule has 1 aromatic carbocycles. The first-order valence-corrected chi connectivity index (χ1v) is 10.1. The van der Waals surface area contributed by atoms with Gasteiger partial charge in [-0.1, -0.05) is 12.1 Å². The number of benzene rings is 1. The van der Waals surface area contributed by atoms with E-state index in [0.717, 1.165) is 22.1 Å². The van der Waals surface area contributed by atoms with Crippen LogP contribution in [0.15, 0.2) is 24.3 Å². The molecule has 1 aromatic rings. The number of para-hydroxylation sites is 2. The van der Waals surface area contributed by atoms with Gasteiger partial charge in [-0.25, -0.2) is 14.7 Å². The Bertz CT molecular complexity index is 568. The molecule has 10 heteroatoms. The van der Waals surface area contributed by atoms with Crippen LogP contribution in [0.4, 0.5) is 0 Å². The van der Waals surface area contributed by atoms with E-state index < -0.39 is 7.67 Å². The van der Waals surface area contributed by atoms with Crippen LogP contribution >= 0.6 is 7.67 Å². The molecule has 7 nitrogen and oxygen atoms in total. The average molecular weight is 534 g/mol. The standard InChI is InChI=1S/C17H35N4O3P.2BrH/c1-20(2,3)14-12-18-25(22,19-13-15-21(4,5)6)24-17-11-9-8-10-16(17)23-7;;/h8-11H,12-15H2,1-7H3,(H2,18,19,22);2*1H/q+2;;/p-2. The molecule has 0 heterocycles. The lowest BCUT2D eigenvalue weighted by Crippen LogP contribution is -3.00. The molecule has 0 amide bonds. The second kappa shape index (κ2) is 12.4. The minimum atomic E-state index is -3.25. The number of hydrogen-bond donors (Lipinski definition) is 2. The van der Waals surface area contributed by atoms with Gasteiger partial charge in [-0.05, 0) is 12.1 Å². The van der Waals surface area contributed by atoms with Crippen LogP contribution in [0.25, 0.3) is 0 Å². The minimum absolute atomic E-state index is 0. The summed E-state index contributed by atoms with van der Waals surface area (Å²) in [5.74, 6) is 1.02. The van der Waals surface area contributed by atoms with E-state index >= 15 is 0 Å². The first-order valence-electron chi connectivity index (χ1n) is 8.48. The fourth-order valence-electron chi connectivity index (χ4n) is 2.02. The number of nitrogens with one attached hydrogen (secondary N) is 2. The molecule has 0 aliphatic carbocycles. The molecule has 27 heavy (non-hydrogen) atoms. The summed E-state index contributed by atoms with van der Waals surface area (Å²) >= 11 is 0. The van der Waals surface area contributed by atoms with E-state index in [1.165, 1.54) is 0 Å². The first-order chi connectivity index (χ1) is 11.4. The van der Waals surface area contributed by atoms with E-state index in [4.69, 9.17) is 9.26 Å². The molecule has 0 aliphatic heterocycles. The molecular formula is C17H35Br2N4O3P. The molecule has 0 spiro atoms. The number of hydrogen-bond acceptors (Lipinski definition) is 3. The Hall–Kier alpha value is -0.150. The molecule has 0 bridgehead atoms. The molecule has 160 valence electrons. The van der Waals surface area contributed by atoms with Gasteiger partial charge in [0.25, 0.3) is 0 Å². The van der Waals surface area contributed by atoms with Crippen LogP contribution in [0.3, 0.4) is 0 Å². The number of nitrogens with zero attached hydrogens (tertiary/aromatic N) is 2. The number of methoxy groups -OCH3 is 1. The summed E-state index contributed by atoms with van der Waals surface area (Å²) in [5.41, 5.74) is 0. The second-order valence-corrected chi connectivity index (χ2v) is 10.1. The Labute approximate surface area is 185 Å². The highest BCUT2D eigenvalue weighted by molar-refractivity contribution is 7.55. The van der Waals surface area contributed by atoms with Crippen LogP contribution in [0.2, 0.25) is 0 Å². The van der Waals surface area contributed by atoms with Crippen LogP contribution in [0.5, 0.6) is 11.5 Å². The molecule has 0 atom stereocenters. The lowest BCUT2D eigenvalue weighted by molar-refractivity contribution is -0.869. The van der Waals surface area contributed by atoms with Crippen molar-refractivity contribution in [1.82, 2.24) is 10.2 Å². The van der Waals surface area contributed by atoms with Gasteiger partial charge in [0.05, 0.1) is 75.6 Å². The smallest absolute Gasteiger partial charge is 0.390 e. The van der Waals surface area contributed by atoms with Crippen LogP contribution < -0.4 is 53.4 Å². The molecule has 0 aromatic heterocycles. The van der Waals surface area contributed by atoms with Crippen molar-refractivity contribution in [3.05, 3.63) is 24.3 Å². The topological polar surface area (TPSA) is 59.6 Å². The summed E-state index contributed by atoms with van der Waals surface area (Å²) in [7, 11) is 10.9. The maximum atomic E-state index is 13.3. The third-order valence-electron chi connectivity index (χ3n) is 3.50. The molecule has 0 radical (unpaired) electrons. The van der Waals surface area contributed by atoms with Gasteiger partial charge in [0, 0.05) is 0 Å². The third kappa shape index (κ3) is 12.8. The van der Waals surface area contributed by atoms with E-state index in [2.05, 4.69) is 52.5 Å². The zero-order valence-corrected chi connectivity index (χ0v) is 21.5. The summed E-state index contributed by atoms with van der Waals surface area (Å²) in [6.07, 6.45) is 0. The Morgan fingerprint density at radius 3 is 1.63 bits per heavy atom. The Morgan fingerprint density at radius 2 is 1.26 bits per heavy atom. The highest BCUT2D eigenvalue weighted by Gasteiger charge is 2.27.